The van der Waals surface area contributed by atoms with Crippen LogP contribution in [0, 0.1) is 0 Å². The number of aliphatic hydroxyl groups is 1. The molecule has 160 valence electrons. The lowest BCUT2D eigenvalue weighted by Crippen LogP contribution is -2.37. The van der Waals surface area contributed by atoms with Gasteiger partial charge in [0.2, 0.25) is 0 Å². The smallest absolute Gasteiger partial charge is 0.322 e. The Morgan fingerprint density at radius 3 is 2.45 bits per heavy atom. The highest BCUT2D eigenvalue weighted by Gasteiger charge is 2.35. The molecule has 1 aliphatic rings. The maximum absolute atomic E-state index is 12.6. The van der Waals surface area contributed by atoms with Crippen molar-refractivity contribution in [3.63, 3.8) is 0 Å². The van der Waals surface area contributed by atoms with Crippen molar-refractivity contribution in [1.29, 1.82) is 0 Å². The number of aliphatic carboxylic acids is 1. The van der Waals surface area contributed by atoms with Crippen LogP contribution in [-0.2, 0) is 9.59 Å². The van der Waals surface area contributed by atoms with Gasteiger partial charge in [0.05, 0.1) is 11.3 Å². The molecule has 0 aliphatic carbocycles. The molecule has 0 spiro atoms. The van der Waals surface area contributed by atoms with Gasteiger partial charge in [-0.2, -0.15) is 5.10 Å². The van der Waals surface area contributed by atoms with Crippen LogP contribution >= 0.6 is 0 Å². The topological polar surface area (TPSA) is 132 Å². The van der Waals surface area contributed by atoms with Crippen LogP contribution in [0.2, 0.25) is 0 Å². The lowest BCUT2D eigenvalue weighted by molar-refractivity contribution is -0.137. The molecule has 9 heteroatoms. The number of nitrogens with zero attached hydrogens (tertiary/aromatic N) is 2. The molecule has 31 heavy (non-hydrogen) atoms. The van der Waals surface area contributed by atoms with E-state index in [1.54, 1.807) is 44.2 Å². The first-order valence-corrected chi connectivity index (χ1v) is 9.36. The number of hydrazone groups is 1. The fourth-order valence-electron chi connectivity index (χ4n) is 3.13. The molecule has 0 fully saturated rings. The number of para-hydroxylation sites is 1. The number of phenols is 1. The highest BCUT2D eigenvalue weighted by atomic mass is 16.5. The van der Waals surface area contributed by atoms with Gasteiger partial charge in [-0.15, -0.1) is 0 Å². The van der Waals surface area contributed by atoms with E-state index in [-0.39, 0.29) is 28.3 Å². The van der Waals surface area contributed by atoms with Gasteiger partial charge in [0.15, 0.2) is 23.0 Å². The SMILES string of the molecule is C/C=N\N1C(C(=O)NCC(=O)O)=C(O)c2ccc(Oc3ccccc3)c(O)c2/C1=C\C. The Morgan fingerprint density at radius 2 is 1.84 bits per heavy atom. The molecule has 0 saturated carbocycles. The van der Waals surface area contributed by atoms with Crippen LogP contribution in [0.15, 0.2) is 59.3 Å². The number of carboxylic acids is 1. The van der Waals surface area contributed by atoms with E-state index >= 15 is 0 Å². The van der Waals surface area contributed by atoms with Gasteiger partial charge in [0.25, 0.3) is 5.91 Å². The normalized spacial score (nSPS) is 14.6. The number of allylic oxidation sites excluding steroid dienone is 1. The standard InChI is InChI=1S/C22H21N3O6/c1-3-15-18-14(10-11-16(21(18)29)31-13-8-6-5-7-9-13)20(28)19(25(15)24-4-2)22(30)23-12-17(26)27/h3-11,28-29H,12H2,1-2H3,(H,23,30)(H,26,27)/b15-3+,24-4-. The summed E-state index contributed by atoms with van der Waals surface area (Å²) in [7, 11) is 0. The minimum absolute atomic E-state index is 0.149. The van der Waals surface area contributed by atoms with Gasteiger partial charge in [0.1, 0.15) is 12.3 Å². The van der Waals surface area contributed by atoms with Crippen molar-refractivity contribution in [1.82, 2.24) is 10.3 Å². The molecule has 2 aromatic rings. The zero-order valence-electron chi connectivity index (χ0n) is 16.9. The number of nitrogens with one attached hydrogen (secondary N) is 1. The van der Waals surface area contributed by atoms with E-state index in [1.807, 2.05) is 6.07 Å². The van der Waals surface area contributed by atoms with Gasteiger partial charge in [-0.3, -0.25) is 9.59 Å². The van der Waals surface area contributed by atoms with Crippen molar-refractivity contribution in [3.05, 3.63) is 65.4 Å². The van der Waals surface area contributed by atoms with Crippen LogP contribution in [0.1, 0.15) is 25.0 Å². The summed E-state index contributed by atoms with van der Waals surface area (Å²) in [6.07, 6.45) is 3.00. The van der Waals surface area contributed by atoms with Crippen molar-refractivity contribution in [3.8, 4) is 17.2 Å². The number of ether oxygens (including phenoxy) is 1. The first kappa shape index (κ1) is 21.4. The molecule has 0 radical (unpaired) electrons. The fourth-order valence-corrected chi connectivity index (χ4v) is 3.13. The second-order valence-electron chi connectivity index (χ2n) is 6.38. The monoisotopic (exact) mass is 423 g/mol. The number of rotatable bonds is 6. The quantitative estimate of drug-likeness (QED) is 0.524. The van der Waals surface area contributed by atoms with E-state index in [0.717, 1.165) is 5.01 Å². The second-order valence-corrected chi connectivity index (χ2v) is 6.38. The van der Waals surface area contributed by atoms with Crippen LogP contribution in [0.3, 0.4) is 0 Å². The number of fused-ring (bicyclic) bond motifs is 1. The number of aromatic hydroxyl groups is 1. The van der Waals surface area contributed by atoms with Crippen molar-refractivity contribution < 1.29 is 29.6 Å². The van der Waals surface area contributed by atoms with E-state index < -0.39 is 24.2 Å². The highest BCUT2D eigenvalue weighted by Crippen LogP contribution is 2.46. The molecule has 1 amide bonds. The Hall–Kier alpha value is -4.27. The van der Waals surface area contributed by atoms with E-state index in [4.69, 9.17) is 9.84 Å². The Morgan fingerprint density at radius 1 is 1.13 bits per heavy atom. The Balaban J connectivity index is 2.15. The van der Waals surface area contributed by atoms with Crippen molar-refractivity contribution in [2.45, 2.75) is 13.8 Å². The van der Waals surface area contributed by atoms with Gasteiger partial charge in [-0.1, -0.05) is 24.3 Å². The molecule has 4 N–H and O–H groups in total. The summed E-state index contributed by atoms with van der Waals surface area (Å²) in [4.78, 5) is 23.5. The number of carboxylic acid groups (broad SMARTS) is 1. The second kappa shape index (κ2) is 9.04. The number of benzene rings is 2. The van der Waals surface area contributed by atoms with Gasteiger partial charge >= 0.3 is 5.97 Å². The molecule has 1 aliphatic heterocycles. The molecule has 0 aromatic heterocycles. The highest BCUT2D eigenvalue weighted by molar-refractivity contribution is 6.05. The lowest BCUT2D eigenvalue weighted by Gasteiger charge is -2.31. The number of hydrogen-bond acceptors (Lipinski definition) is 7. The third-order valence-corrected chi connectivity index (χ3v) is 4.41. The van der Waals surface area contributed by atoms with Crippen molar-refractivity contribution in [2.24, 2.45) is 5.10 Å². The van der Waals surface area contributed by atoms with Crippen molar-refractivity contribution in [2.75, 3.05) is 6.54 Å². The summed E-state index contributed by atoms with van der Waals surface area (Å²) < 4.78 is 5.76. The first-order chi connectivity index (χ1) is 14.9. The van der Waals surface area contributed by atoms with Gasteiger partial charge in [-0.05, 0) is 38.1 Å². The van der Waals surface area contributed by atoms with E-state index in [9.17, 15) is 19.8 Å². The summed E-state index contributed by atoms with van der Waals surface area (Å²) >= 11 is 0. The molecule has 0 atom stereocenters. The molecule has 1 heterocycles. The summed E-state index contributed by atoms with van der Waals surface area (Å²) in [5.41, 5.74) is 0.432. The molecule has 0 saturated heterocycles. The molecule has 9 nitrogen and oxygen atoms in total. The van der Waals surface area contributed by atoms with Crippen LogP contribution in [0.4, 0.5) is 0 Å². The van der Waals surface area contributed by atoms with E-state index in [2.05, 4.69) is 10.4 Å². The number of aliphatic hydroxyl groups excluding tert-OH is 1. The zero-order valence-corrected chi connectivity index (χ0v) is 16.9. The number of carbonyl (C=O) groups is 2. The molecular formula is C22H21N3O6. The summed E-state index contributed by atoms with van der Waals surface area (Å²) in [5.74, 6) is -2.12. The largest absolute Gasteiger partial charge is 0.505 e. The van der Waals surface area contributed by atoms with Gasteiger partial charge in [0, 0.05) is 11.8 Å². The van der Waals surface area contributed by atoms with Crippen LogP contribution in [0.25, 0.3) is 11.5 Å². The van der Waals surface area contributed by atoms with Crippen molar-refractivity contribution >= 4 is 29.5 Å². The Labute approximate surface area is 178 Å². The summed E-state index contributed by atoms with van der Waals surface area (Å²) in [6, 6.07) is 11.8. The third-order valence-electron chi connectivity index (χ3n) is 4.41. The molecule has 0 bridgehead atoms. The molecular weight excluding hydrogens is 402 g/mol. The number of carbonyl (C=O) groups excluding carboxylic acids is 1. The van der Waals surface area contributed by atoms with Crippen LogP contribution in [0.5, 0.6) is 17.2 Å². The van der Waals surface area contributed by atoms with Crippen LogP contribution in [-0.4, -0.2) is 45.0 Å². The average Bonchev–Trinajstić information content (AvgIpc) is 2.75. The predicted molar refractivity (Wildman–Crippen MR) is 114 cm³/mol. The number of hydrogen-bond donors (Lipinski definition) is 4. The minimum Gasteiger partial charge on any atom is -0.505 e. The summed E-state index contributed by atoms with van der Waals surface area (Å²) in [6.45, 7) is 2.66. The number of amides is 1. The third kappa shape index (κ3) is 4.20. The van der Waals surface area contributed by atoms with E-state index in [0.29, 0.717) is 11.4 Å². The Kier molecular flexibility index (Phi) is 6.25. The van der Waals surface area contributed by atoms with Gasteiger partial charge < -0.3 is 25.4 Å². The zero-order chi connectivity index (χ0) is 22.5. The maximum Gasteiger partial charge on any atom is 0.322 e. The lowest BCUT2D eigenvalue weighted by atomic mass is 9.95. The predicted octanol–water partition coefficient (Wildman–Crippen LogP) is 3.29. The fraction of sp³-hybridized carbons (Fsp3) is 0.136. The molecule has 2 aromatic carbocycles. The average molecular weight is 423 g/mol. The molecule has 3 rings (SSSR count). The summed E-state index contributed by atoms with van der Waals surface area (Å²) in [5, 5.41) is 38.1. The van der Waals surface area contributed by atoms with Crippen LogP contribution < -0.4 is 10.1 Å². The van der Waals surface area contributed by atoms with Gasteiger partial charge in [-0.25, -0.2) is 5.01 Å². The first-order valence-electron chi connectivity index (χ1n) is 9.36. The molecule has 0 unspecified atom stereocenters. The van der Waals surface area contributed by atoms with E-state index in [1.165, 1.54) is 18.3 Å². The minimum atomic E-state index is -1.23. The number of phenolic OH excluding ortho intramolecular Hbond substituents is 1. The maximum atomic E-state index is 12.6. The Bertz CT molecular complexity index is 1110.